The van der Waals surface area contributed by atoms with Gasteiger partial charge < -0.3 is 15.0 Å². The van der Waals surface area contributed by atoms with E-state index in [-0.39, 0.29) is 5.41 Å². The predicted molar refractivity (Wildman–Crippen MR) is 74.8 cm³/mol. The second-order valence-electron chi connectivity index (χ2n) is 5.68. The van der Waals surface area contributed by atoms with E-state index in [0.29, 0.717) is 5.88 Å². The Morgan fingerprint density at radius 3 is 2.67 bits per heavy atom. The quantitative estimate of drug-likeness (QED) is 0.801. The van der Waals surface area contributed by atoms with Crippen molar-refractivity contribution in [2.45, 2.75) is 20.4 Å². The van der Waals surface area contributed by atoms with Crippen molar-refractivity contribution in [3.05, 3.63) is 23.9 Å². The molecule has 0 fully saturated rings. The lowest BCUT2D eigenvalue weighted by atomic mass is 9.93. The molecule has 0 aliphatic heterocycles. The summed E-state index contributed by atoms with van der Waals surface area (Å²) in [6, 6.07) is 5.84. The highest BCUT2D eigenvalue weighted by Crippen LogP contribution is 2.14. The SMILES string of the molecule is COc1cccc(CNCC(C)(C)CN(C)C)n1. The lowest BCUT2D eigenvalue weighted by Crippen LogP contribution is -2.37. The van der Waals surface area contributed by atoms with E-state index >= 15 is 0 Å². The second kappa shape index (κ2) is 6.71. The minimum atomic E-state index is 0.252. The van der Waals surface area contributed by atoms with Crippen molar-refractivity contribution in [1.29, 1.82) is 0 Å². The number of nitrogens with one attached hydrogen (secondary N) is 1. The second-order valence-corrected chi connectivity index (χ2v) is 5.68. The van der Waals surface area contributed by atoms with Gasteiger partial charge in [0.2, 0.25) is 5.88 Å². The fourth-order valence-electron chi connectivity index (χ4n) is 2.11. The first-order valence-corrected chi connectivity index (χ1v) is 6.28. The first kappa shape index (κ1) is 14.9. The highest BCUT2D eigenvalue weighted by Gasteiger charge is 2.18. The Hall–Kier alpha value is -1.13. The molecule has 4 nitrogen and oxygen atoms in total. The summed E-state index contributed by atoms with van der Waals surface area (Å²) in [4.78, 5) is 6.59. The van der Waals surface area contributed by atoms with Gasteiger partial charge in [-0.25, -0.2) is 4.98 Å². The van der Waals surface area contributed by atoms with E-state index in [1.54, 1.807) is 7.11 Å². The minimum absolute atomic E-state index is 0.252. The van der Waals surface area contributed by atoms with E-state index in [0.717, 1.165) is 25.3 Å². The van der Waals surface area contributed by atoms with Crippen LogP contribution < -0.4 is 10.1 Å². The molecule has 1 aromatic heterocycles. The molecule has 0 bridgehead atoms. The monoisotopic (exact) mass is 251 g/mol. The van der Waals surface area contributed by atoms with Crippen LogP contribution in [0.5, 0.6) is 5.88 Å². The van der Waals surface area contributed by atoms with Gasteiger partial charge in [0.15, 0.2) is 0 Å². The number of ether oxygens (including phenoxy) is 1. The summed E-state index contributed by atoms with van der Waals surface area (Å²) >= 11 is 0. The molecule has 0 amide bonds. The number of nitrogens with zero attached hydrogens (tertiary/aromatic N) is 2. The van der Waals surface area contributed by atoms with Crippen LogP contribution in [0.15, 0.2) is 18.2 Å². The molecule has 0 saturated carbocycles. The molecule has 0 spiro atoms. The van der Waals surface area contributed by atoms with Crippen LogP contribution in [0.3, 0.4) is 0 Å². The number of methoxy groups -OCH3 is 1. The van der Waals surface area contributed by atoms with Crippen LogP contribution in [0, 0.1) is 5.41 Å². The van der Waals surface area contributed by atoms with Crippen molar-refractivity contribution in [3.8, 4) is 5.88 Å². The summed E-state index contributed by atoms with van der Waals surface area (Å²) in [7, 11) is 5.84. The van der Waals surface area contributed by atoms with Gasteiger partial charge in [-0.1, -0.05) is 19.9 Å². The van der Waals surface area contributed by atoms with Crippen LogP contribution in [-0.4, -0.2) is 44.2 Å². The molecule has 0 aliphatic carbocycles. The van der Waals surface area contributed by atoms with Crippen LogP contribution in [0.25, 0.3) is 0 Å². The summed E-state index contributed by atoms with van der Waals surface area (Å²) in [6.45, 7) is 7.32. The molecule has 0 aromatic carbocycles. The van der Waals surface area contributed by atoms with Gasteiger partial charge in [0.25, 0.3) is 0 Å². The first-order chi connectivity index (χ1) is 8.43. The van der Waals surface area contributed by atoms with E-state index < -0.39 is 0 Å². The first-order valence-electron chi connectivity index (χ1n) is 6.28. The third kappa shape index (κ3) is 5.47. The molecule has 0 unspecified atom stereocenters. The van der Waals surface area contributed by atoms with Crippen LogP contribution in [0.1, 0.15) is 19.5 Å². The molecule has 18 heavy (non-hydrogen) atoms. The lowest BCUT2D eigenvalue weighted by molar-refractivity contribution is 0.232. The maximum atomic E-state index is 5.11. The Morgan fingerprint density at radius 1 is 1.33 bits per heavy atom. The molecule has 0 saturated heterocycles. The fraction of sp³-hybridized carbons (Fsp3) is 0.643. The van der Waals surface area contributed by atoms with Gasteiger partial charge in [0.05, 0.1) is 12.8 Å². The number of pyridine rings is 1. The van der Waals surface area contributed by atoms with Gasteiger partial charge in [0.1, 0.15) is 0 Å². The van der Waals surface area contributed by atoms with Crippen molar-refractivity contribution in [2.75, 3.05) is 34.3 Å². The number of hydrogen-bond donors (Lipinski definition) is 1. The van der Waals surface area contributed by atoms with Crippen LogP contribution in [-0.2, 0) is 6.54 Å². The summed E-state index contributed by atoms with van der Waals surface area (Å²) < 4.78 is 5.11. The summed E-state index contributed by atoms with van der Waals surface area (Å²) in [5.74, 6) is 0.668. The smallest absolute Gasteiger partial charge is 0.213 e. The summed E-state index contributed by atoms with van der Waals surface area (Å²) in [6.07, 6.45) is 0. The number of aromatic nitrogens is 1. The zero-order chi connectivity index (χ0) is 13.6. The van der Waals surface area contributed by atoms with Gasteiger partial charge in [0, 0.05) is 25.7 Å². The van der Waals surface area contributed by atoms with Crippen LogP contribution >= 0.6 is 0 Å². The van der Waals surface area contributed by atoms with Crippen molar-refractivity contribution < 1.29 is 4.74 Å². The van der Waals surface area contributed by atoms with Crippen molar-refractivity contribution >= 4 is 0 Å². The Labute approximate surface area is 110 Å². The Balaban J connectivity index is 2.41. The third-order valence-electron chi connectivity index (χ3n) is 2.64. The number of rotatable bonds is 7. The molecule has 1 heterocycles. The van der Waals surface area contributed by atoms with Gasteiger partial charge in [-0.05, 0) is 25.6 Å². The standard InChI is InChI=1S/C14H25N3O/c1-14(2,11-17(3)4)10-15-9-12-7-6-8-13(16-12)18-5/h6-8,15H,9-11H2,1-5H3. The van der Waals surface area contributed by atoms with E-state index in [1.807, 2.05) is 18.2 Å². The minimum Gasteiger partial charge on any atom is -0.481 e. The van der Waals surface area contributed by atoms with Crippen LogP contribution in [0.4, 0.5) is 0 Å². The van der Waals surface area contributed by atoms with Gasteiger partial charge in [-0.2, -0.15) is 0 Å². The van der Waals surface area contributed by atoms with Gasteiger partial charge in [-0.15, -0.1) is 0 Å². The Morgan fingerprint density at radius 2 is 2.06 bits per heavy atom. The Kier molecular flexibility index (Phi) is 5.56. The third-order valence-corrected chi connectivity index (χ3v) is 2.64. The molecule has 4 heteroatoms. The van der Waals surface area contributed by atoms with Gasteiger partial charge >= 0.3 is 0 Å². The summed E-state index contributed by atoms with van der Waals surface area (Å²) in [5, 5.41) is 3.45. The fourth-order valence-corrected chi connectivity index (χ4v) is 2.11. The molecule has 1 N–H and O–H groups in total. The molecule has 1 aromatic rings. The highest BCUT2D eigenvalue weighted by molar-refractivity contribution is 5.15. The maximum Gasteiger partial charge on any atom is 0.213 e. The Bertz CT molecular complexity index is 364. The zero-order valence-corrected chi connectivity index (χ0v) is 12.2. The van der Waals surface area contributed by atoms with E-state index in [9.17, 15) is 0 Å². The molecular weight excluding hydrogens is 226 g/mol. The summed E-state index contributed by atoms with van der Waals surface area (Å²) in [5.41, 5.74) is 1.26. The zero-order valence-electron chi connectivity index (χ0n) is 12.2. The van der Waals surface area contributed by atoms with Crippen LogP contribution in [0.2, 0.25) is 0 Å². The van der Waals surface area contributed by atoms with E-state index in [4.69, 9.17) is 4.74 Å². The predicted octanol–water partition coefficient (Wildman–Crippen LogP) is 1.77. The van der Waals surface area contributed by atoms with Crippen molar-refractivity contribution in [2.24, 2.45) is 5.41 Å². The lowest BCUT2D eigenvalue weighted by Gasteiger charge is -2.28. The number of hydrogen-bond acceptors (Lipinski definition) is 4. The maximum absolute atomic E-state index is 5.11. The molecule has 1 rings (SSSR count). The molecular formula is C14H25N3O. The van der Waals surface area contributed by atoms with Gasteiger partial charge in [-0.3, -0.25) is 0 Å². The highest BCUT2D eigenvalue weighted by atomic mass is 16.5. The van der Waals surface area contributed by atoms with E-state index in [1.165, 1.54) is 0 Å². The van der Waals surface area contributed by atoms with E-state index in [2.05, 4.69) is 43.1 Å². The van der Waals surface area contributed by atoms with Crippen molar-refractivity contribution in [3.63, 3.8) is 0 Å². The molecule has 102 valence electrons. The normalized spacial score (nSPS) is 11.9. The topological polar surface area (TPSA) is 37.4 Å². The molecule has 0 aliphatic rings. The molecule has 0 radical (unpaired) electrons. The largest absolute Gasteiger partial charge is 0.481 e. The average Bonchev–Trinajstić information content (AvgIpc) is 2.27. The van der Waals surface area contributed by atoms with Crippen molar-refractivity contribution in [1.82, 2.24) is 15.2 Å². The average molecular weight is 251 g/mol. The molecule has 0 atom stereocenters.